The molecule has 0 aromatic heterocycles. The highest BCUT2D eigenvalue weighted by molar-refractivity contribution is 5.69. The summed E-state index contributed by atoms with van der Waals surface area (Å²) in [6.45, 7) is 7.62. The normalized spacial score (nSPS) is 17.1. The zero-order valence-electron chi connectivity index (χ0n) is 10.7. The minimum absolute atomic E-state index is 0.258. The van der Waals surface area contributed by atoms with Gasteiger partial charge >= 0.3 is 6.09 Å². The summed E-state index contributed by atoms with van der Waals surface area (Å²) in [5, 5.41) is 1.52. The van der Waals surface area contributed by atoms with Gasteiger partial charge in [-0.3, -0.25) is 0 Å². The number of ether oxygens (including phenoxy) is 1. The maximum atomic E-state index is 11.6. The SMILES string of the molecule is CC(C)(C)OC(=O)N1CC(CN(N)/C=C\N)C1. The second-order valence-corrected chi connectivity index (χ2v) is 5.29. The van der Waals surface area contributed by atoms with Crippen LogP contribution in [0.15, 0.2) is 12.4 Å². The van der Waals surface area contributed by atoms with Crippen LogP contribution >= 0.6 is 0 Å². The van der Waals surface area contributed by atoms with Crippen LogP contribution in [-0.4, -0.2) is 41.2 Å². The third-order valence-corrected chi connectivity index (χ3v) is 2.36. The first-order valence-electron chi connectivity index (χ1n) is 5.69. The number of amides is 1. The summed E-state index contributed by atoms with van der Waals surface area (Å²) in [6.07, 6.45) is 2.74. The Kier molecular flexibility index (Phi) is 4.22. The van der Waals surface area contributed by atoms with Crippen LogP contribution < -0.4 is 11.6 Å². The summed E-state index contributed by atoms with van der Waals surface area (Å²) in [4.78, 5) is 13.3. The third-order valence-electron chi connectivity index (χ3n) is 2.36. The van der Waals surface area contributed by atoms with Crippen LogP contribution in [-0.2, 0) is 4.74 Å². The van der Waals surface area contributed by atoms with Gasteiger partial charge < -0.3 is 20.4 Å². The van der Waals surface area contributed by atoms with Crippen molar-refractivity contribution in [1.82, 2.24) is 9.91 Å². The first-order chi connectivity index (χ1) is 7.81. The molecule has 0 aliphatic carbocycles. The van der Waals surface area contributed by atoms with Gasteiger partial charge in [0.2, 0.25) is 0 Å². The van der Waals surface area contributed by atoms with Crippen LogP contribution in [0.3, 0.4) is 0 Å². The van der Waals surface area contributed by atoms with Crippen LogP contribution in [0.5, 0.6) is 0 Å². The molecule has 1 rings (SSSR count). The molecule has 0 atom stereocenters. The molecule has 0 radical (unpaired) electrons. The minimum Gasteiger partial charge on any atom is -0.444 e. The van der Waals surface area contributed by atoms with E-state index in [1.165, 1.54) is 11.2 Å². The highest BCUT2D eigenvalue weighted by atomic mass is 16.6. The van der Waals surface area contributed by atoms with Crippen molar-refractivity contribution < 1.29 is 9.53 Å². The Bertz CT molecular complexity index is 292. The van der Waals surface area contributed by atoms with E-state index in [-0.39, 0.29) is 6.09 Å². The Labute approximate surface area is 102 Å². The summed E-state index contributed by atoms with van der Waals surface area (Å²) in [6, 6.07) is 0. The van der Waals surface area contributed by atoms with E-state index in [1.54, 1.807) is 11.1 Å². The number of hydrazine groups is 1. The van der Waals surface area contributed by atoms with Gasteiger partial charge in [0, 0.05) is 38.0 Å². The molecule has 17 heavy (non-hydrogen) atoms. The molecular weight excluding hydrogens is 220 g/mol. The van der Waals surface area contributed by atoms with E-state index < -0.39 is 5.60 Å². The summed E-state index contributed by atoms with van der Waals surface area (Å²) >= 11 is 0. The quantitative estimate of drug-likeness (QED) is 0.555. The van der Waals surface area contributed by atoms with E-state index in [9.17, 15) is 4.79 Å². The molecule has 98 valence electrons. The maximum absolute atomic E-state index is 11.6. The summed E-state index contributed by atoms with van der Waals surface area (Å²) in [7, 11) is 0. The standard InChI is InChI=1S/C11H22N4O2/c1-11(2,3)17-10(16)14-6-9(7-14)8-15(13)5-4-12/h4-5,9H,6-8,12-13H2,1-3H3/b5-4-. The number of nitrogens with two attached hydrogens (primary N) is 2. The fourth-order valence-corrected chi connectivity index (χ4v) is 1.63. The van der Waals surface area contributed by atoms with Crippen molar-refractivity contribution in [2.75, 3.05) is 19.6 Å². The van der Waals surface area contributed by atoms with Gasteiger partial charge in [-0.25, -0.2) is 10.6 Å². The van der Waals surface area contributed by atoms with E-state index in [0.717, 1.165) is 0 Å². The zero-order valence-corrected chi connectivity index (χ0v) is 10.7. The molecule has 1 amide bonds. The lowest BCUT2D eigenvalue weighted by Crippen LogP contribution is -2.55. The van der Waals surface area contributed by atoms with Gasteiger partial charge in [0.15, 0.2) is 0 Å². The van der Waals surface area contributed by atoms with E-state index >= 15 is 0 Å². The van der Waals surface area contributed by atoms with Crippen molar-refractivity contribution in [2.45, 2.75) is 26.4 Å². The fourth-order valence-electron chi connectivity index (χ4n) is 1.63. The topological polar surface area (TPSA) is 84.8 Å². The molecule has 4 N–H and O–H groups in total. The lowest BCUT2D eigenvalue weighted by atomic mass is 10.0. The second kappa shape index (κ2) is 5.27. The first-order valence-corrected chi connectivity index (χ1v) is 5.69. The molecule has 0 spiro atoms. The third kappa shape index (κ3) is 4.52. The van der Waals surface area contributed by atoms with Crippen molar-refractivity contribution >= 4 is 6.09 Å². The van der Waals surface area contributed by atoms with E-state index in [0.29, 0.717) is 25.6 Å². The highest BCUT2D eigenvalue weighted by Gasteiger charge is 2.33. The predicted octanol–water partition coefficient (Wildman–Crippen LogP) is 0.459. The van der Waals surface area contributed by atoms with E-state index in [4.69, 9.17) is 16.3 Å². The molecule has 1 heterocycles. The second-order valence-electron chi connectivity index (χ2n) is 5.29. The van der Waals surface area contributed by atoms with E-state index in [2.05, 4.69) is 0 Å². The number of carbonyl (C=O) groups excluding carboxylic acids is 1. The largest absolute Gasteiger partial charge is 0.444 e. The highest BCUT2D eigenvalue weighted by Crippen LogP contribution is 2.19. The molecule has 1 fully saturated rings. The average molecular weight is 242 g/mol. The monoisotopic (exact) mass is 242 g/mol. The fraction of sp³-hybridized carbons (Fsp3) is 0.727. The van der Waals surface area contributed by atoms with Gasteiger partial charge in [0.05, 0.1) is 0 Å². The minimum atomic E-state index is -0.440. The zero-order chi connectivity index (χ0) is 13.1. The molecule has 0 unspecified atom stereocenters. The number of hydrogen-bond acceptors (Lipinski definition) is 5. The Morgan fingerprint density at radius 1 is 1.53 bits per heavy atom. The van der Waals surface area contributed by atoms with Gasteiger partial charge in [-0.05, 0) is 20.8 Å². The molecular formula is C11H22N4O2. The van der Waals surface area contributed by atoms with Crippen LogP contribution in [0.25, 0.3) is 0 Å². The number of likely N-dealkylation sites (tertiary alicyclic amines) is 1. The molecule has 1 aliphatic heterocycles. The van der Waals surface area contributed by atoms with E-state index in [1.807, 2.05) is 20.8 Å². The lowest BCUT2D eigenvalue weighted by molar-refractivity contribution is -0.00440. The summed E-state index contributed by atoms with van der Waals surface area (Å²) in [5.41, 5.74) is 4.78. The number of nitrogens with zero attached hydrogens (tertiary/aromatic N) is 2. The van der Waals surface area contributed by atoms with Crippen LogP contribution in [0, 0.1) is 5.92 Å². The number of rotatable bonds is 3. The molecule has 6 heteroatoms. The maximum Gasteiger partial charge on any atom is 0.410 e. The summed E-state index contributed by atoms with van der Waals surface area (Å²) < 4.78 is 5.25. The van der Waals surface area contributed by atoms with Gasteiger partial charge in [0.25, 0.3) is 0 Å². The lowest BCUT2D eigenvalue weighted by Gasteiger charge is -2.40. The molecule has 0 aromatic carbocycles. The van der Waals surface area contributed by atoms with Gasteiger partial charge in [-0.15, -0.1) is 0 Å². The Morgan fingerprint density at radius 3 is 2.59 bits per heavy atom. The van der Waals surface area contributed by atoms with Gasteiger partial charge in [-0.1, -0.05) is 0 Å². The predicted molar refractivity (Wildman–Crippen MR) is 65.5 cm³/mol. The van der Waals surface area contributed by atoms with Crippen LogP contribution in [0.2, 0.25) is 0 Å². The van der Waals surface area contributed by atoms with Crippen LogP contribution in [0.4, 0.5) is 4.79 Å². The number of carbonyl (C=O) groups is 1. The van der Waals surface area contributed by atoms with Crippen molar-refractivity contribution in [3.05, 3.63) is 12.4 Å². The van der Waals surface area contributed by atoms with Gasteiger partial charge in [-0.2, -0.15) is 0 Å². The Hall–Kier alpha value is -1.43. The Morgan fingerprint density at radius 2 is 2.12 bits per heavy atom. The molecule has 1 aliphatic rings. The average Bonchev–Trinajstić information content (AvgIpc) is 2.07. The number of hydrogen-bond donors (Lipinski definition) is 2. The molecule has 0 saturated carbocycles. The van der Waals surface area contributed by atoms with Crippen molar-refractivity contribution in [2.24, 2.45) is 17.5 Å². The van der Waals surface area contributed by atoms with Crippen molar-refractivity contribution in [3.8, 4) is 0 Å². The smallest absolute Gasteiger partial charge is 0.410 e. The van der Waals surface area contributed by atoms with Crippen molar-refractivity contribution in [1.29, 1.82) is 0 Å². The molecule has 0 aromatic rings. The summed E-state index contributed by atoms with van der Waals surface area (Å²) in [5.74, 6) is 6.03. The Balaban J connectivity index is 2.25. The van der Waals surface area contributed by atoms with Crippen molar-refractivity contribution in [3.63, 3.8) is 0 Å². The van der Waals surface area contributed by atoms with Gasteiger partial charge in [0.1, 0.15) is 5.60 Å². The molecule has 6 nitrogen and oxygen atoms in total. The first kappa shape index (κ1) is 13.6. The van der Waals surface area contributed by atoms with Crippen LogP contribution in [0.1, 0.15) is 20.8 Å². The molecule has 1 saturated heterocycles. The molecule has 0 bridgehead atoms.